The number of rotatable bonds is 5. The lowest BCUT2D eigenvalue weighted by Gasteiger charge is -2.16. The van der Waals surface area contributed by atoms with Crippen LogP contribution >= 0.6 is 0 Å². The Bertz CT molecular complexity index is 892. The van der Waals surface area contributed by atoms with Gasteiger partial charge >= 0.3 is 0 Å². The highest BCUT2D eigenvalue weighted by atomic mass is 19.1. The molecule has 0 aliphatic rings. The predicted molar refractivity (Wildman–Crippen MR) is 91.5 cm³/mol. The number of hydrogen-bond donors (Lipinski definition) is 0. The van der Waals surface area contributed by atoms with Crippen LogP contribution in [0, 0.1) is 12.7 Å². The van der Waals surface area contributed by atoms with E-state index < -0.39 is 5.82 Å². The number of aryl methyl sites for hydroxylation is 1. The molecule has 1 aromatic heterocycles. The number of aromatic nitrogens is 2. The number of carbonyl (C=O) groups is 1. The van der Waals surface area contributed by atoms with Crippen molar-refractivity contribution in [2.24, 2.45) is 0 Å². The Kier molecular flexibility index (Phi) is 4.88. The van der Waals surface area contributed by atoms with Crippen molar-refractivity contribution in [1.29, 1.82) is 0 Å². The van der Waals surface area contributed by atoms with E-state index in [9.17, 15) is 9.18 Å². The first-order valence-corrected chi connectivity index (χ1v) is 7.94. The van der Waals surface area contributed by atoms with Crippen LogP contribution in [0.3, 0.4) is 0 Å². The monoisotopic (exact) mass is 339 g/mol. The number of amides is 1. The van der Waals surface area contributed by atoms with Crippen LogP contribution in [0.5, 0.6) is 0 Å². The van der Waals surface area contributed by atoms with E-state index in [0.717, 1.165) is 5.56 Å². The minimum atomic E-state index is -0.413. The number of likely N-dealkylation sites (N-methyl/N-ethyl adjacent to an activating group) is 1. The maximum absolute atomic E-state index is 13.7. The van der Waals surface area contributed by atoms with E-state index in [2.05, 4.69) is 10.1 Å². The molecule has 3 rings (SSSR count). The molecule has 0 aliphatic heterocycles. The van der Waals surface area contributed by atoms with Gasteiger partial charge in [-0.25, -0.2) is 4.39 Å². The third-order valence-corrected chi connectivity index (χ3v) is 3.85. The Morgan fingerprint density at radius 1 is 1.20 bits per heavy atom. The maximum Gasteiger partial charge on any atom is 0.260 e. The van der Waals surface area contributed by atoms with Crippen LogP contribution < -0.4 is 0 Å². The Morgan fingerprint density at radius 2 is 2.00 bits per heavy atom. The first kappa shape index (κ1) is 16.8. The summed E-state index contributed by atoms with van der Waals surface area (Å²) in [5.41, 5.74) is 1.94. The SMILES string of the molecule is Cc1cccc(C(=O)N(C)CCc2noc(-c3ccccc3F)n2)c1. The lowest BCUT2D eigenvalue weighted by Crippen LogP contribution is -2.29. The molecule has 0 fully saturated rings. The summed E-state index contributed by atoms with van der Waals surface area (Å²) in [7, 11) is 1.72. The van der Waals surface area contributed by atoms with Crippen LogP contribution in [0.2, 0.25) is 0 Å². The highest BCUT2D eigenvalue weighted by molar-refractivity contribution is 5.94. The molecule has 0 saturated carbocycles. The van der Waals surface area contributed by atoms with Crippen molar-refractivity contribution in [3.8, 4) is 11.5 Å². The fraction of sp³-hybridized carbons (Fsp3) is 0.211. The Hall–Kier alpha value is -3.02. The molecule has 0 saturated heterocycles. The molecule has 0 spiro atoms. The summed E-state index contributed by atoms with van der Waals surface area (Å²) in [5.74, 6) is 0.0916. The molecular weight excluding hydrogens is 321 g/mol. The Balaban J connectivity index is 1.64. The average Bonchev–Trinajstić information content (AvgIpc) is 3.08. The second-order valence-electron chi connectivity index (χ2n) is 5.84. The van der Waals surface area contributed by atoms with E-state index in [-0.39, 0.29) is 17.4 Å². The van der Waals surface area contributed by atoms with Gasteiger partial charge in [-0.3, -0.25) is 4.79 Å². The first-order chi connectivity index (χ1) is 12.0. The molecule has 0 radical (unpaired) electrons. The van der Waals surface area contributed by atoms with Crippen molar-refractivity contribution < 1.29 is 13.7 Å². The van der Waals surface area contributed by atoms with Gasteiger partial charge in [-0.05, 0) is 31.2 Å². The summed E-state index contributed by atoms with van der Waals surface area (Å²) in [6.45, 7) is 2.38. The van der Waals surface area contributed by atoms with Gasteiger partial charge in [0.25, 0.3) is 11.8 Å². The second kappa shape index (κ2) is 7.25. The van der Waals surface area contributed by atoms with Crippen molar-refractivity contribution in [2.45, 2.75) is 13.3 Å². The molecule has 2 aromatic carbocycles. The third-order valence-electron chi connectivity index (χ3n) is 3.85. The minimum Gasteiger partial charge on any atom is -0.341 e. The smallest absolute Gasteiger partial charge is 0.260 e. The van der Waals surface area contributed by atoms with Crippen LogP contribution in [0.15, 0.2) is 53.1 Å². The molecular formula is C19H18FN3O2. The molecule has 25 heavy (non-hydrogen) atoms. The second-order valence-corrected chi connectivity index (χ2v) is 5.84. The van der Waals surface area contributed by atoms with E-state index >= 15 is 0 Å². The standard InChI is InChI=1S/C19H18FN3O2/c1-13-6-5-7-14(12-13)19(24)23(2)11-10-17-21-18(25-22-17)15-8-3-4-9-16(15)20/h3-9,12H,10-11H2,1-2H3. The number of benzene rings is 2. The van der Waals surface area contributed by atoms with E-state index in [4.69, 9.17) is 4.52 Å². The van der Waals surface area contributed by atoms with E-state index in [1.165, 1.54) is 6.07 Å². The molecule has 0 atom stereocenters. The lowest BCUT2D eigenvalue weighted by atomic mass is 10.1. The average molecular weight is 339 g/mol. The van der Waals surface area contributed by atoms with Gasteiger partial charge in [-0.2, -0.15) is 4.98 Å². The minimum absolute atomic E-state index is 0.0680. The van der Waals surface area contributed by atoms with Gasteiger partial charge < -0.3 is 9.42 Å². The summed E-state index contributed by atoms with van der Waals surface area (Å²) in [4.78, 5) is 18.2. The molecule has 3 aromatic rings. The summed E-state index contributed by atoms with van der Waals surface area (Å²) in [6.07, 6.45) is 0.423. The van der Waals surface area contributed by atoms with Crippen molar-refractivity contribution in [2.75, 3.05) is 13.6 Å². The Morgan fingerprint density at radius 3 is 2.76 bits per heavy atom. The van der Waals surface area contributed by atoms with E-state index in [1.54, 1.807) is 36.2 Å². The molecule has 1 amide bonds. The fourth-order valence-electron chi connectivity index (χ4n) is 2.47. The summed E-state index contributed by atoms with van der Waals surface area (Å²) < 4.78 is 18.9. The molecule has 128 valence electrons. The van der Waals surface area contributed by atoms with E-state index in [1.807, 2.05) is 25.1 Å². The van der Waals surface area contributed by atoms with Gasteiger partial charge in [0.2, 0.25) is 0 Å². The zero-order valence-corrected chi connectivity index (χ0v) is 14.1. The number of carbonyl (C=O) groups excluding carboxylic acids is 1. The van der Waals surface area contributed by atoms with Gasteiger partial charge in [0.15, 0.2) is 5.82 Å². The quantitative estimate of drug-likeness (QED) is 0.714. The molecule has 1 heterocycles. The number of halogens is 1. The van der Waals surface area contributed by atoms with Crippen molar-refractivity contribution in [1.82, 2.24) is 15.0 Å². The van der Waals surface area contributed by atoms with Crippen LogP contribution in [0.1, 0.15) is 21.7 Å². The van der Waals surface area contributed by atoms with Gasteiger partial charge in [-0.15, -0.1) is 0 Å². The molecule has 6 heteroatoms. The van der Waals surface area contributed by atoms with Gasteiger partial charge in [0, 0.05) is 25.6 Å². The van der Waals surface area contributed by atoms with Crippen molar-refractivity contribution in [3.05, 3.63) is 71.3 Å². The molecule has 0 unspecified atom stereocenters. The maximum atomic E-state index is 13.7. The zero-order valence-electron chi connectivity index (χ0n) is 14.1. The van der Waals surface area contributed by atoms with Gasteiger partial charge in [-0.1, -0.05) is 35.0 Å². The van der Waals surface area contributed by atoms with Gasteiger partial charge in [0.1, 0.15) is 5.82 Å². The largest absolute Gasteiger partial charge is 0.341 e. The van der Waals surface area contributed by atoms with Crippen molar-refractivity contribution >= 4 is 5.91 Å². The molecule has 0 aliphatic carbocycles. The van der Waals surface area contributed by atoms with E-state index in [0.29, 0.717) is 24.4 Å². The molecule has 5 nitrogen and oxygen atoms in total. The normalized spacial score (nSPS) is 10.7. The number of hydrogen-bond acceptors (Lipinski definition) is 4. The Labute approximate surface area is 145 Å². The summed E-state index contributed by atoms with van der Waals surface area (Å²) >= 11 is 0. The van der Waals surface area contributed by atoms with Crippen LogP contribution in [0.4, 0.5) is 4.39 Å². The fourth-order valence-corrected chi connectivity index (χ4v) is 2.47. The first-order valence-electron chi connectivity index (χ1n) is 7.94. The zero-order chi connectivity index (χ0) is 17.8. The van der Waals surface area contributed by atoms with Gasteiger partial charge in [0.05, 0.1) is 5.56 Å². The summed E-state index contributed by atoms with van der Waals surface area (Å²) in [6, 6.07) is 13.7. The van der Waals surface area contributed by atoms with Crippen LogP contribution in [0.25, 0.3) is 11.5 Å². The predicted octanol–water partition coefficient (Wildman–Crippen LogP) is 3.50. The van der Waals surface area contributed by atoms with Crippen LogP contribution in [-0.2, 0) is 6.42 Å². The topological polar surface area (TPSA) is 59.2 Å². The summed E-state index contributed by atoms with van der Waals surface area (Å²) in [5, 5.41) is 3.86. The van der Waals surface area contributed by atoms with Crippen LogP contribution in [-0.4, -0.2) is 34.5 Å². The molecule has 0 N–H and O–H groups in total. The number of nitrogens with zero attached hydrogens (tertiary/aromatic N) is 3. The molecule has 0 bridgehead atoms. The highest BCUT2D eigenvalue weighted by Crippen LogP contribution is 2.20. The highest BCUT2D eigenvalue weighted by Gasteiger charge is 2.15. The lowest BCUT2D eigenvalue weighted by molar-refractivity contribution is 0.0795. The van der Waals surface area contributed by atoms with Crippen molar-refractivity contribution in [3.63, 3.8) is 0 Å². The third kappa shape index (κ3) is 3.91.